The summed E-state index contributed by atoms with van der Waals surface area (Å²) >= 11 is 12.1. The van der Waals surface area contributed by atoms with Gasteiger partial charge in [-0.05, 0) is 42.3 Å². The van der Waals surface area contributed by atoms with Crippen LogP contribution in [-0.2, 0) is 16.1 Å². The monoisotopic (exact) mass is 478 g/mol. The van der Waals surface area contributed by atoms with Gasteiger partial charge in [0.2, 0.25) is 5.91 Å². The van der Waals surface area contributed by atoms with Crippen molar-refractivity contribution in [3.63, 3.8) is 0 Å². The van der Waals surface area contributed by atoms with Gasteiger partial charge in [-0.2, -0.15) is 0 Å². The normalized spacial score (nSPS) is 17.6. The van der Waals surface area contributed by atoms with Gasteiger partial charge in [0, 0.05) is 38.3 Å². The molecule has 0 aromatic heterocycles. The minimum Gasteiger partial charge on any atom is -0.374 e. The van der Waals surface area contributed by atoms with E-state index in [4.69, 9.17) is 33.7 Å². The van der Waals surface area contributed by atoms with Gasteiger partial charge in [0.05, 0.1) is 22.8 Å². The van der Waals surface area contributed by atoms with Crippen LogP contribution in [0.5, 0.6) is 0 Å². The highest BCUT2D eigenvalue weighted by molar-refractivity contribution is 6.42. The van der Waals surface area contributed by atoms with Crippen molar-refractivity contribution in [1.82, 2.24) is 15.5 Å². The first kappa shape index (κ1) is 24.5. The number of hydrogen-bond acceptors (Lipinski definition) is 5. The van der Waals surface area contributed by atoms with Crippen LogP contribution in [0.3, 0.4) is 0 Å². The van der Waals surface area contributed by atoms with E-state index in [-0.39, 0.29) is 17.9 Å². The van der Waals surface area contributed by atoms with E-state index < -0.39 is 6.04 Å². The molecule has 3 rings (SSSR count). The number of nitrogens with one attached hydrogen (secondary N) is 2. The molecule has 0 spiro atoms. The van der Waals surface area contributed by atoms with Gasteiger partial charge >= 0.3 is 0 Å². The standard InChI is InChI=1S/C23H28Cl2N4O3/c1-2-27-22(30)17-5-3-4-16(11-17)21(26)23(31)28-12-18-14-29(8-9-32-18)13-15-6-7-19(24)20(25)10-15/h3-7,10-11,18,21H,2,8-9,12-14,26H2,1H3,(H,27,30)(H,28,31)/t18-,21?/m0/s1. The Hall–Kier alpha value is -2.16. The Kier molecular flexibility index (Phi) is 8.90. The summed E-state index contributed by atoms with van der Waals surface area (Å²) in [5.41, 5.74) is 8.26. The van der Waals surface area contributed by atoms with Gasteiger partial charge < -0.3 is 21.1 Å². The quantitative estimate of drug-likeness (QED) is 0.541. The average Bonchev–Trinajstić information content (AvgIpc) is 2.80. The number of nitrogens with two attached hydrogens (primary N) is 1. The maximum Gasteiger partial charge on any atom is 0.251 e. The van der Waals surface area contributed by atoms with Crippen molar-refractivity contribution < 1.29 is 14.3 Å². The number of hydrogen-bond donors (Lipinski definition) is 3. The van der Waals surface area contributed by atoms with E-state index in [9.17, 15) is 9.59 Å². The Morgan fingerprint density at radius 2 is 2.00 bits per heavy atom. The summed E-state index contributed by atoms with van der Waals surface area (Å²) < 4.78 is 5.80. The summed E-state index contributed by atoms with van der Waals surface area (Å²) in [6.07, 6.45) is -0.149. The van der Waals surface area contributed by atoms with Crippen LogP contribution in [0, 0.1) is 0 Å². The minimum atomic E-state index is -0.875. The van der Waals surface area contributed by atoms with Gasteiger partial charge in [-0.3, -0.25) is 14.5 Å². The van der Waals surface area contributed by atoms with E-state index in [1.54, 1.807) is 30.3 Å². The van der Waals surface area contributed by atoms with Crippen LogP contribution in [0.2, 0.25) is 10.0 Å². The van der Waals surface area contributed by atoms with Gasteiger partial charge in [-0.1, -0.05) is 41.4 Å². The molecule has 2 amide bonds. The third-order valence-corrected chi connectivity index (χ3v) is 5.98. The lowest BCUT2D eigenvalue weighted by Crippen LogP contribution is -2.48. The fraction of sp³-hybridized carbons (Fsp3) is 0.391. The van der Waals surface area contributed by atoms with Crippen LogP contribution in [0.4, 0.5) is 0 Å². The zero-order valence-electron chi connectivity index (χ0n) is 17.9. The number of benzene rings is 2. The maximum absolute atomic E-state index is 12.6. The van der Waals surface area contributed by atoms with Crippen LogP contribution in [0.1, 0.15) is 34.5 Å². The number of rotatable bonds is 8. The molecule has 1 saturated heterocycles. The first-order valence-electron chi connectivity index (χ1n) is 10.6. The molecule has 1 unspecified atom stereocenters. The lowest BCUT2D eigenvalue weighted by molar-refractivity contribution is -0.123. The van der Waals surface area contributed by atoms with Crippen molar-refractivity contribution in [2.75, 3.05) is 32.8 Å². The Bertz CT molecular complexity index is 957. The number of nitrogens with zero attached hydrogens (tertiary/aromatic N) is 1. The fourth-order valence-corrected chi connectivity index (χ4v) is 3.88. The molecule has 0 saturated carbocycles. The van der Waals surface area contributed by atoms with E-state index in [1.807, 2.05) is 19.1 Å². The van der Waals surface area contributed by atoms with Crippen molar-refractivity contribution in [2.24, 2.45) is 5.73 Å². The van der Waals surface area contributed by atoms with E-state index in [0.717, 1.165) is 18.7 Å². The number of halogens is 2. The first-order valence-corrected chi connectivity index (χ1v) is 11.3. The Morgan fingerprint density at radius 1 is 1.19 bits per heavy atom. The van der Waals surface area contributed by atoms with Crippen LogP contribution < -0.4 is 16.4 Å². The summed E-state index contributed by atoms with van der Waals surface area (Å²) in [7, 11) is 0. The number of ether oxygens (including phenoxy) is 1. The second-order valence-corrected chi connectivity index (χ2v) is 8.50. The van der Waals surface area contributed by atoms with Crippen molar-refractivity contribution in [1.29, 1.82) is 0 Å². The summed E-state index contributed by atoms with van der Waals surface area (Å²) in [5.74, 6) is -0.511. The van der Waals surface area contributed by atoms with Crippen molar-refractivity contribution >= 4 is 35.0 Å². The summed E-state index contributed by atoms with van der Waals surface area (Å²) in [6.45, 7) is 5.47. The minimum absolute atomic E-state index is 0.149. The number of amides is 2. The molecule has 0 aliphatic carbocycles. The third-order valence-electron chi connectivity index (χ3n) is 5.24. The molecule has 0 radical (unpaired) electrons. The molecule has 2 atom stereocenters. The second kappa shape index (κ2) is 11.6. The zero-order valence-corrected chi connectivity index (χ0v) is 19.5. The molecule has 1 heterocycles. The van der Waals surface area contributed by atoms with Gasteiger partial charge in [0.15, 0.2) is 0 Å². The van der Waals surface area contributed by atoms with E-state index in [1.165, 1.54) is 0 Å². The molecular weight excluding hydrogens is 451 g/mol. The van der Waals surface area contributed by atoms with E-state index in [0.29, 0.717) is 47.4 Å². The first-order chi connectivity index (χ1) is 15.4. The van der Waals surface area contributed by atoms with Gasteiger partial charge in [-0.25, -0.2) is 0 Å². The molecule has 4 N–H and O–H groups in total. The molecule has 1 aliphatic heterocycles. The average molecular weight is 479 g/mol. The van der Waals surface area contributed by atoms with Gasteiger partial charge in [0.25, 0.3) is 5.91 Å². The molecule has 2 aromatic rings. The molecule has 32 heavy (non-hydrogen) atoms. The Balaban J connectivity index is 1.52. The van der Waals surface area contributed by atoms with Crippen LogP contribution in [0.15, 0.2) is 42.5 Å². The topological polar surface area (TPSA) is 96.7 Å². The lowest BCUT2D eigenvalue weighted by atomic mass is 10.0. The third kappa shape index (κ3) is 6.67. The predicted molar refractivity (Wildman–Crippen MR) is 126 cm³/mol. The van der Waals surface area contributed by atoms with Gasteiger partial charge in [-0.15, -0.1) is 0 Å². The summed E-state index contributed by atoms with van der Waals surface area (Å²) in [4.78, 5) is 26.9. The lowest BCUT2D eigenvalue weighted by Gasteiger charge is -2.33. The smallest absolute Gasteiger partial charge is 0.251 e. The van der Waals surface area contributed by atoms with Crippen LogP contribution in [-0.4, -0.2) is 55.6 Å². The maximum atomic E-state index is 12.6. The highest BCUT2D eigenvalue weighted by Gasteiger charge is 2.23. The molecule has 2 aromatic carbocycles. The van der Waals surface area contributed by atoms with Crippen molar-refractivity contribution in [3.05, 3.63) is 69.2 Å². The molecule has 7 nitrogen and oxygen atoms in total. The van der Waals surface area contributed by atoms with Crippen molar-refractivity contribution in [3.8, 4) is 0 Å². The van der Waals surface area contributed by atoms with E-state index >= 15 is 0 Å². The number of carbonyl (C=O) groups excluding carboxylic acids is 2. The Labute approximate surface area is 198 Å². The molecule has 1 fully saturated rings. The highest BCUT2D eigenvalue weighted by Crippen LogP contribution is 2.23. The van der Waals surface area contributed by atoms with Crippen LogP contribution >= 0.6 is 23.2 Å². The zero-order chi connectivity index (χ0) is 23.1. The SMILES string of the molecule is CCNC(=O)c1cccc(C(N)C(=O)NC[C@H]2CN(Cc3ccc(Cl)c(Cl)c3)CCO2)c1. The van der Waals surface area contributed by atoms with Gasteiger partial charge in [0.1, 0.15) is 6.04 Å². The summed E-state index contributed by atoms with van der Waals surface area (Å²) in [5, 5.41) is 6.67. The highest BCUT2D eigenvalue weighted by atomic mass is 35.5. The molecule has 1 aliphatic rings. The largest absolute Gasteiger partial charge is 0.374 e. The Morgan fingerprint density at radius 3 is 2.75 bits per heavy atom. The number of carbonyl (C=O) groups is 2. The molecule has 9 heteroatoms. The summed E-state index contributed by atoms with van der Waals surface area (Å²) in [6, 6.07) is 11.5. The molecule has 0 bridgehead atoms. The van der Waals surface area contributed by atoms with E-state index in [2.05, 4.69) is 15.5 Å². The number of morpholine rings is 1. The van der Waals surface area contributed by atoms with Crippen LogP contribution in [0.25, 0.3) is 0 Å². The molecule has 172 valence electrons. The van der Waals surface area contributed by atoms with Crippen molar-refractivity contribution in [2.45, 2.75) is 25.6 Å². The molecular formula is C23H28Cl2N4O3. The predicted octanol–water partition coefficient (Wildman–Crippen LogP) is 2.76. The fourth-order valence-electron chi connectivity index (χ4n) is 3.56. The second-order valence-electron chi connectivity index (χ2n) is 7.68.